The molecule has 2 heterocycles. The van der Waals surface area contributed by atoms with Gasteiger partial charge in [-0.25, -0.2) is 26.4 Å². The van der Waals surface area contributed by atoms with Crippen LogP contribution < -0.4 is 9.46 Å². The van der Waals surface area contributed by atoms with Crippen molar-refractivity contribution in [2.45, 2.75) is 11.3 Å². The Morgan fingerprint density at radius 1 is 1.17 bits per heavy atom. The van der Waals surface area contributed by atoms with E-state index >= 15 is 0 Å². The summed E-state index contributed by atoms with van der Waals surface area (Å²) in [6.45, 7) is 0.0662. The molecule has 4 aromatic rings. The quantitative estimate of drug-likeness (QED) is 0.467. The summed E-state index contributed by atoms with van der Waals surface area (Å²) in [6, 6.07) is 9.65. The second kappa shape index (κ2) is 8.09. The summed E-state index contributed by atoms with van der Waals surface area (Å²) in [7, 11) is -2.59. The zero-order valence-electron chi connectivity index (χ0n) is 15.7. The molecule has 0 fully saturated rings. The predicted molar refractivity (Wildman–Crippen MR) is 108 cm³/mol. The average molecular weight is 450 g/mol. The minimum atomic E-state index is -3.89. The van der Waals surface area contributed by atoms with Crippen LogP contribution in [0.4, 0.5) is 8.78 Å². The largest absolute Gasteiger partial charge is 0.494 e. The number of nitrogens with zero attached hydrogens (tertiary/aromatic N) is 3. The second-order valence-corrected chi connectivity index (χ2v) is 8.88. The third kappa shape index (κ3) is 3.91. The molecule has 0 aliphatic heterocycles. The third-order valence-electron chi connectivity index (χ3n) is 4.37. The van der Waals surface area contributed by atoms with E-state index in [1.54, 1.807) is 22.7 Å². The summed E-state index contributed by atoms with van der Waals surface area (Å²) in [5.74, 6) is -0.957. The van der Waals surface area contributed by atoms with Crippen LogP contribution >= 0.6 is 11.3 Å². The lowest BCUT2D eigenvalue weighted by atomic mass is 10.2. The maximum atomic E-state index is 14.0. The Balaban J connectivity index is 1.49. The molecule has 0 unspecified atom stereocenters. The number of methoxy groups -OCH3 is 1. The molecule has 1 N–H and O–H groups in total. The summed E-state index contributed by atoms with van der Waals surface area (Å²) in [4.78, 5) is 4.71. The van der Waals surface area contributed by atoms with Gasteiger partial charge in [0.25, 0.3) is 0 Å². The predicted octanol–water partition coefficient (Wildman–Crippen LogP) is 3.27. The number of rotatable bonds is 7. The molecular formula is C19H16F2N4O3S2. The van der Waals surface area contributed by atoms with Crippen LogP contribution in [0, 0.1) is 11.6 Å². The maximum absolute atomic E-state index is 14.0. The fraction of sp³-hybridized carbons (Fsp3) is 0.158. The van der Waals surface area contributed by atoms with Crippen LogP contribution in [0.25, 0.3) is 16.3 Å². The molecule has 0 radical (unpaired) electrons. The SMILES string of the molecule is COc1ccc(S(=O)(=O)NCCc2csc3nc(-c4ccccc4F)nn23)cc1F. The number of nitrogens with one attached hydrogen (secondary N) is 1. The van der Waals surface area contributed by atoms with Crippen molar-refractivity contribution >= 4 is 26.3 Å². The highest BCUT2D eigenvalue weighted by molar-refractivity contribution is 7.89. The van der Waals surface area contributed by atoms with Crippen molar-refractivity contribution < 1.29 is 21.9 Å². The zero-order valence-corrected chi connectivity index (χ0v) is 17.3. The molecule has 0 atom stereocenters. The van der Waals surface area contributed by atoms with Crippen molar-refractivity contribution in [3.63, 3.8) is 0 Å². The van der Waals surface area contributed by atoms with Crippen LogP contribution in [0.2, 0.25) is 0 Å². The van der Waals surface area contributed by atoms with Gasteiger partial charge in [0.2, 0.25) is 15.0 Å². The van der Waals surface area contributed by atoms with E-state index in [0.717, 1.165) is 6.07 Å². The van der Waals surface area contributed by atoms with Crippen molar-refractivity contribution in [1.82, 2.24) is 19.3 Å². The Labute approximate surface area is 175 Å². The summed E-state index contributed by atoms with van der Waals surface area (Å²) < 4.78 is 61.4. The van der Waals surface area contributed by atoms with E-state index in [-0.39, 0.29) is 23.0 Å². The van der Waals surface area contributed by atoms with Crippen LogP contribution in [0.1, 0.15) is 5.69 Å². The number of sulfonamides is 1. The zero-order chi connectivity index (χ0) is 21.3. The Morgan fingerprint density at radius 3 is 2.70 bits per heavy atom. The summed E-state index contributed by atoms with van der Waals surface area (Å²) in [6.07, 6.45) is 0.317. The van der Waals surface area contributed by atoms with E-state index in [2.05, 4.69) is 14.8 Å². The van der Waals surface area contributed by atoms with Crippen molar-refractivity contribution in [3.05, 3.63) is 65.2 Å². The summed E-state index contributed by atoms with van der Waals surface area (Å²) >= 11 is 1.32. The lowest BCUT2D eigenvalue weighted by molar-refractivity contribution is 0.385. The summed E-state index contributed by atoms with van der Waals surface area (Å²) in [5.41, 5.74) is 1.01. The molecule has 0 amide bonds. The van der Waals surface area contributed by atoms with E-state index < -0.39 is 21.7 Å². The molecule has 2 aromatic carbocycles. The van der Waals surface area contributed by atoms with Crippen LogP contribution in [0.3, 0.4) is 0 Å². The van der Waals surface area contributed by atoms with Gasteiger partial charge in [-0.1, -0.05) is 12.1 Å². The lowest BCUT2D eigenvalue weighted by Crippen LogP contribution is -2.26. The van der Waals surface area contributed by atoms with E-state index in [9.17, 15) is 17.2 Å². The highest BCUT2D eigenvalue weighted by atomic mass is 32.2. The molecule has 0 saturated heterocycles. The van der Waals surface area contributed by atoms with Gasteiger partial charge in [0.1, 0.15) is 5.82 Å². The van der Waals surface area contributed by atoms with Gasteiger partial charge in [-0.2, -0.15) is 4.98 Å². The van der Waals surface area contributed by atoms with Crippen molar-refractivity contribution in [1.29, 1.82) is 0 Å². The molecule has 2 aromatic heterocycles. The highest BCUT2D eigenvalue weighted by Crippen LogP contribution is 2.23. The second-order valence-electron chi connectivity index (χ2n) is 6.28. The maximum Gasteiger partial charge on any atom is 0.240 e. The van der Waals surface area contributed by atoms with E-state index in [0.29, 0.717) is 22.6 Å². The molecule has 7 nitrogen and oxygen atoms in total. The topological polar surface area (TPSA) is 85.6 Å². The molecule has 0 bridgehead atoms. The van der Waals surface area contributed by atoms with Gasteiger partial charge in [-0.05, 0) is 30.3 Å². The van der Waals surface area contributed by atoms with Gasteiger partial charge in [-0.3, -0.25) is 0 Å². The monoisotopic (exact) mass is 450 g/mol. The van der Waals surface area contributed by atoms with E-state index in [1.165, 1.54) is 36.6 Å². The van der Waals surface area contributed by atoms with E-state index in [4.69, 9.17) is 4.74 Å². The lowest BCUT2D eigenvalue weighted by Gasteiger charge is -2.08. The van der Waals surface area contributed by atoms with Crippen LogP contribution in [-0.4, -0.2) is 36.7 Å². The van der Waals surface area contributed by atoms with Crippen molar-refractivity contribution in [3.8, 4) is 17.1 Å². The molecular weight excluding hydrogens is 434 g/mol. The Hall–Kier alpha value is -2.89. The molecule has 0 aliphatic rings. The first kappa shape index (κ1) is 20.4. The smallest absolute Gasteiger partial charge is 0.240 e. The Bertz CT molecular complexity index is 1320. The first-order chi connectivity index (χ1) is 14.4. The normalized spacial score (nSPS) is 11.8. The Morgan fingerprint density at radius 2 is 1.97 bits per heavy atom. The number of hydrogen-bond donors (Lipinski definition) is 1. The number of halogens is 2. The average Bonchev–Trinajstić information content (AvgIpc) is 3.30. The molecule has 0 spiro atoms. The first-order valence-electron chi connectivity index (χ1n) is 8.80. The van der Waals surface area contributed by atoms with Gasteiger partial charge in [0.05, 0.1) is 23.3 Å². The summed E-state index contributed by atoms with van der Waals surface area (Å²) in [5, 5.41) is 6.15. The molecule has 4 rings (SSSR count). The fourth-order valence-electron chi connectivity index (χ4n) is 2.86. The molecule has 30 heavy (non-hydrogen) atoms. The number of thiazole rings is 1. The standard InChI is InChI=1S/C19H16F2N4O3S2/c1-28-17-7-6-13(10-16(17)21)30(26,27)22-9-8-12-11-29-19-23-18(24-25(12)19)14-4-2-3-5-15(14)20/h2-7,10-11,22H,8-9H2,1H3. The minimum Gasteiger partial charge on any atom is -0.494 e. The molecule has 156 valence electrons. The van der Waals surface area contributed by atoms with Gasteiger partial charge in [-0.15, -0.1) is 16.4 Å². The van der Waals surface area contributed by atoms with Gasteiger partial charge >= 0.3 is 0 Å². The first-order valence-corrected chi connectivity index (χ1v) is 11.2. The van der Waals surface area contributed by atoms with Crippen LogP contribution in [-0.2, 0) is 16.4 Å². The van der Waals surface area contributed by atoms with Gasteiger partial charge in [0.15, 0.2) is 17.4 Å². The number of hydrogen-bond acceptors (Lipinski definition) is 6. The molecule has 11 heteroatoms. The number of benzene rings is 2. The number of ether oxygens (including phenoxy) is 1. The van der Waals surface area contributed by atoms with Gasteiger partial charge in [0, 0.05) is 18.3 Å². The number of fused-ring (bicyclic) bond motifs is 1. The molecule has 0 aliphatic carbocycles. The van der Waals surface area contributed by atoms with Gasteiger partial charge < -0.3 is 4.74 Å². The molecule has 0 saturated carbocycles. The third-order valence-corrected chi connectivity index (χ3v) is 6.70. The van der Waals surface area contributed by atoms with E-state index in [1.807, 2.05) is 5.38 Å². The van der Waals surface area contributed by atoms with Crippen LogP contribution in [0.5, 0.6) is 5.75 Å². The fourth-order valence-corrected chi connectivity index (χ4v) is 4.76. The number of aromatic nitrogens is 3. The Kier molecular flexibility index (Phi) is 5.50. The van der Waals surface area contributed by atoms with Crippen molar-refractivity contribution in [2.24, 2.45) is 0 Å². The van der Waals surface area contributed by atoms with Crippen molar-refractivity contribution in [2.75, 3.05) is 13.7 Å². The highest BCUT2D eigenvalue weighted by Gasteiger charge is 2.18. The van der Waals surface area contributed by atoms with Crippen LogP contribution in [0.15, 0.2) is 52.7 Å². The minimum absolute atomic E-state index is 0.0357.